The number of aromatic amines is 1. The molecule has 1 unspecified atom stereocenters. The standard InChI is InChI=1S/C20H19ClN4O2/c1-13(14-5-3-2-4-6-14)24-11-17-18(22-12-24)25(20(27)23-19(17)26)16-9-7-15(21)8-10-16/h2-10,13,22H,11-12H2,1H3,(H,23,26,27). The van der Waals surface area contributed by atoms with E-state index in [0.717, 1.165) is 0 Å². The normalized spacial score (nSPS) is 15.0. The van der Waals surface area contributed by atoms with E-state index in [1.54, 1.807) is 24.3 Å². The van der Waals surface area contributed by atoms with Crippen LogP contribution in [-0.4, -0.2) is 21.1 Å². The molecule has 0 amide bonds. The van der Waals surface area contributed by atoms with Gasteiger partial charge in [0.15, 0.2) is 0 Å². The fourth-order valence-corrected chi connectivity index (χ4v) is 3.52. The first-order chi connectivity index (χ1) is 13.0. The second kappa shape index (κ2) is 7.06. The number of nitrogens with one attached hydrogen (secondary N) is 2. The van der Waals surface area contributed by atoms with Gasteiger partial charge >= 0.3 is 5.69 Å². The van der Waals surface area contributed by atoms with Crippen molar-refractivity contribution in [2.75, 3.05) is 12.0 Å². The van der Waals surface area contributed by atoms with Gasteiger partial charge in [0.2, 0.25) is 0 Å². The first-order valence-electron chi connectivity index (χ1n) is 8.71. The summed E-state index contributed by atoms with van der Waals surface area (Å²) in [5.41, 5.74) is 1.52. The fourth-order valence-electron chi connectivity index (χ4n) is 3.39. The van der Waals surface area contributed by atoms with Gasteiger partial charge in [-0.2, -0.15) is 0 Å². The summed E-state index contributed by atoms with van der Waals surface area (Å²) in [6.07, 6.45) is 0. The van der Waals surface area contributed by atoms with Crippen LogP contribution in [0.3, 0.4) is 0 Å². The minimum atomic E-state index is -0.474. The maximum absolute atomic E-state index is 12.5. The molecule has 0 saturated carbocycles. The number of fused-ring (bicyclic) bond motifs is 1. The Morgan fingerprint density at radius 3 is 2.44 bits per heavy atom. The lowest BCUT2D eigenvalue weighted by Gasteiger charge is -2.35. The molecule has 2 heterocycles. The molecule has 4 rings (SSSR count). The second-order valence-corrected chi connectivity index (χ2v) is 7.00. The van der Waals surface area contributed by atoms with Crippen LogP contribution >= 0.6 is 11.6 Å². The number of benzene rings is 2. The number of halogens is 1. The van der Waals surface area contributed by atoms with Gasteiger partial charge in [-0.15, -0.1) is 0 Å². The molecule has 2 aromatic carbocycles. The minimum absolute atomic E-state index is 0.127. The predicted octanol–water partition coefficient (Wildman–Crippen LogP) is 3.13. The Balaban J connectivity index is 1.74. The highest BCUT2D eigenvalue weighted by atomic mass is 35.5. The molecule has 6 nitrogen and oxygen atoms in total. The van der Waals surface area contributed by atoms with Crippen LogP contribution in [0.5, 0.6) is 0 Å². The van der Waals surface area contributed by atoms with Gasteiger partial charge in [0, 0.05) is 17.6 Å². The number of hydrogen-bond donors (Lipinski definition) is 2. The molecule has 0 bridgehead atoms. The van der Waals surface area contributed by atoms with Crippen LogP contribution in [0.4, 0.5) is 5.82 Å². The Bertz CT molecular complexity index is 1070. The Hall–Kier alpha value is -2.83. The van der Waals surface area contributed by atoms with Crippen LogP contribution in [0, 0.1) is 0 Å². The minimum Gasteiger partial charge on any atom is -0.358 e. The highest BCUT2D eigenvalue weighted by molar-refractivity contribution is 6.30. The number of hydrogen-bond acceptors (Lipinski definition) is 4. The van der Waals surface area contributed by atoms with E-state index in [0.29, 0.717) is 35.3 Å². The molecule has 0 spiro atoms. The summed E-state index contributed by atoms with van der Waals surface area (Å²) >= 11 is 5.95. The van der Waals surface area contributed by atoms with Crippen LogP contribution in [0.1, 0.15) is 24.1 Å². The molecule has 27 heavy (non-hydrogen) atoms. The molecular formula is C20H19ClN4O2. The lowest BCUT2D eigenvalue weighted by Crippen LogP contribution is -2.43. The molecule has 0 fully saturated rings. The van der Waals surface area contributed by atoms with E-state index in [1.807, 2.05) is 18.2 Å². The summed E-state index contributed by atoms with van der Waals surface area (Å²) in [6.45, 7) is 3.08. The number of rotatable bonds is 3. The highest BCUT2D eigenvalue weighted by Crippen LogP contribution is 2.27. The third kappa shape index (κ3) is 3.29. The summed E-state index contributed by atoms with van der Waals surface area (Å²) in [6, 6.07) is 17.2. The maximum Gasteiger partial charge on any atom is 0.334 e. The molecule has 1 aromatic heterocycles. The Labute approximate surface area is 161 Å². The summed E-state index contributed by atoms with van der Waals surface area (Å²) in [7, 11) is 0. The lowest BCUT2D eigenvalue weighted by atomic mass is 10.1. The molecule has 0 radical (unpaired) electrons. The summed E-state index contributed by atoms with van der Waals surface area (Å²) in [5.74, 6) is 0.530. The van der Waals surface area contributed by atoms with E-state index < -0.39 is 5.69 Å². The number of H-pyrrole nitrogens is 1. The van der Waals surface area contributed by atoms with Crippen LogP contribution in [-0.2, 0) is 6.54 Å². The maximum atomic E-state index is 12.5. The first kappa shape index (κ1) is 17.6. The van der Waals surface area contributed by atoms with E-state index in [2.05, 4.69) is 34.3 Å². The van der Waals surface area contributed by atoms with Gasteiger partial charge in [0.05, 0.1) is 17.9 Å². The van der Waals surface area contributed by atoms with Gasteiger partial charge in [-0.25, -0.2) is 9.36 Å². The topological polar surface area (TPSA) is 70.1 Å². The Morgan fingerprint density at radius 1 is 1.04 bits per heavy atom. The van der Waals surface area contributed by atoms with E-state index in [1.165, 1.54) is 10.1 Å². The number of nitrogens with zero attached hydrogens (tertiary/aromatic N) is 2. The van der Waals surface area contributed by atoms with Crippen molar-refractivity contribution >= 4 is 17.4 Å². The monoisotopic (exact) mass is 382 g/mol. The van der Waals surface area contributed by atoms with E-state index in [-0.39, 0.29) is 11.6 Å². The fraction of sp³-hybridized carbons (Fsp3) is 0.200. The molecule has 2 N–H and O–H groups in total. The predicted molar refractivity (Wildman–Crippen MR) is 107 cm³/mol. The van der Waals surface area contributed by atoms with Gasteiger partial charge in [0.25, 0.3) is 5.56 Å². The van der Waals surface area contributed by atoms with Gasteiger partial charge in [-0.1, -0.05) is 41.9 Å². The quantitative estimate of drug-likeness (QED) is 0.730. The van der Waals surface area contributed by atoms with Gasteiger partial charge < -0.3 is 5.32 Å². The molecular weight excluding hydrogens is 364 g/mol. The molecule has 0 aliphatic carbocycles. The van der Waals surface area contributed by atoms with Crippen molar-refractivity contribution < 1.29 is 0 Å². The third-order valence-corrected chi connectivity index (χ3v) is 5.18. The second-order valence-electron chi connectivity index (χ2n) is 6.57. The largest absolute Gasteiger partial charge is 0.358 e. The summed E-state index contributed by atoms with van der Waals surface area (Å²) in [4.78, 5) is 29.5. The summed E-state index contributed by atoms with van der Waals surface area (Å²) in [5, 5.41) is 3.85. The molecule has 1 aliphatic rings. The molecule has 7 heteroatoms. The van der Waals surface area contributed by atoms with Crippen LogP contribution < -0.4 is 16.6 Å². The van der Waals surface area contributed by atoms with E-state index >= 15 is 0 Å². The highest BCUT2D eigenvalue weighted by Gasteiger charge is 2.26. The van der Waals surface area contributed by atoms with Gasteiger partial charge in [-0.05, 0) is 36.8 Å². The van der Waals surface area contributed by atoms with Crippen molar-refractivity contribution in [3.63, 3.8) is 0 Å². The van der Waals surface area contributed by atoms with Crippen molar-refractivity contribution in [1.82, 2.24) is 14.5 Å². The Morgan fingerprint density at radius 2 is 1.74 bits per heavy atom. The lowest BCUT2D eigenvalue weighted by molar-refractivity contribution is 0.207. The zero-order valence-corrected chi connectivity index (χ0v) is 15.5. The average Bonchev–Trinajstić information content (AvgIpc) is 2.69. The van der Waals surface area contributed by atoms with Crippen molar-refractivity contribution in [3.05, 3.63) is 91.6 Å². The Kier molecular flexibility index (Phi) is 4.59. The zero-order chi connectivity index (χ0) is 19.0. The van der Waals surface area contributed by atoms with Crippen LogP contribution in [0.15, 0.2) is 64.2 Å². The van der Waals surface area contributed by atoms with Crippen LogP contribution in [0.2, 0.25) is 5.02 Å². The van der Waals surface area contributed by atoms with E-state index in [9.17, 15) is 9.59 Å². The smallest absolute Gasteiger partial charge is 0.334 e. The van der Waals surface area contributed by atoms with E-state index in [4.69, 9.17) is 11.6 Å². The average molecular weight is 383 g/mol. The zero-order valence-electron chi connectivity index (χ0n) is 14.8. The SMILES string of the molecule is CC(c1ccccc1)N1CNc2c(c(=O)[nH]c(=O)n2-c2ccc(Cl)cc2)C1. The first-order valence-corrected chi connectivity index (χ1v) is 9.09. The molecule has 1 aliphatic heterocycles. The third-order valence-electron chi connectivity index (χ3n) is 4.93. The number of anilines is 1. The molecule has 0 saturated heterocycles. The molecule has 3 aromatic rings. The van der Waals surface area contributed by atoms with Crippen molar-refractivity contribution in [1.29, 1.82) is 0 Å². The van der Waals surface area contributed by atoms with Crippen LogP contribution in [0.25, 0.3) is 5.69 Å². The summed E-state index contributed by atoms with van der Waals surface area (Å²) < 4.78 is 1.48. The van der Waals surface area contributed by atoms with Crippen molar-refractivity contribution in [3.8, 4) is 5.69 Å². The van der Waals surface area contributed by atoms with Crippen molar-refractivity contribution in [2.45, 2.75) is 19.5 Å². The van der Waals surface area contributed by atoms with Crippen molar-refractivity contribution in [2.24, 2.45) is 0 Å². The number of aromatic nitrogens is 2. The molecule has 138 valence electrons. The molecule has 1 atom stereocenters. The van der Waals surface area contributed by atoms with Gasteiger partial charge in [-0.3, -0.25) is 14.7 Å². The van der Waals surface area contributed by atoms with Gasteiger partial charge in [0.1, 0.15) is 5.82 Å².